The fraction of sp³-hybridized carbons (Fsp3) is 0.450. The minimum Gasteiger partial charge on any atom is -0.376 e. The van der Waals surface area contributed by atoms with E-state index < -0.39 is 0 Å². The maximum atomic E-state index is 12.7. The Kier molecular flexibility index (Phi) is 3.87. The van der Waals surface area contributed by atoms with Crippen molar-refractivity contribution in [2.45, 2.75) is 31.2 Å². The van der Waals surface area contributed by atoms with Crippen molar-refractivity contribution >= 4 is 21.8 Å². The van der Waals surface area contributed by atoms with E-state index in [1.165, 1.54) is 11.1 Å². The van der Waals surface area contributed by atoms with Crippen LogP contribution in [0.15, 0.2) is 35.1 Å². The van der Waals surface area contributed by atoms with Gasteiger partial charge in [0.2, 0.25) is 0 Å². The third kappa shape index (κ3) is 2.67. The zero-order valence-corrected chi connectivity index (χ0v) is 16.0. The van der Waals surface area contributed by atoms with Crippen LogP contribution in [0.25, 0.3) is 0 Å². The Morgan fingerprint density at radius 1 is 1.23 bits per heavy atom. The van der Waals surface area contributed by atoms with Crippen LogP contribution in [-0.4, -0.2) is 46.1 Å². The van der Waals surface area contributed by atoms with Crippen molar-refractivity contribution in [2.24, 2.45) is 5.92 Å². The van der Waals surface area contributed by atoms with Crippen molar-refractivity contribution in [1.29, 1.82) is 0 Å². The molecule has 6 heteroatoms. The standard InChI is InChI=1S/C20H20BrN3O2/c21-17-2-1-14-5-13(6-15(14)8-17)7-18-22-9-16(10-23-18)19(25)24-4-3-20(24)11-26-12-20/h1-2,8-10,13H,3-7,11-12H2/t13-/m0/s1. The van der Waals surface area contributed by atoms with Gasteiger partial charge in [-0.3, -0.25) is 4.79 Å². The zero-order chi connectivity index (χ0) is 17.7. The molecule has 1 amide bonds. The van der Waals surface area contributed by atoms with Crippen molar-refractivity contribution in [3.05, 3.63) is 57.6 Å². The molecule has 134 valence electrons. The van der Waals surface area contributed by atoms with Gasteiger partial charge in [0.1, 0.15) is 5.82 Å². The molecule has 1 aromatic heterocycles. The minimum absolute atomic E-state index is 0.0317. The second-order valence-electron chi connectivity index (χ2n) is 7.70. The molecule has 0 radical (unpaired) electrons. The number of rotatable bonds is 3. The lowest BCUT2D eigenvalue weighted by Crippen LogP contribution is -2.72. The van der Waals surface area contributed by atoms with Gasteiger partial charge in [0.05, 0.1) is 24.3 Å². The van der Waals surface area contributed by atoms with Gasteiger partial charge < -0.3 is 9.64 Å². The number of hydrogen-bond acceptors (Lipinski definition) is 4. The fourth-order valence-corrected chi connectivity index (χ4v) is 4.71. The molecule has 3 aliphatic rings. The molecule has 5 rings (SSSR count). The first-order chi connectivity index (χ1) is 12.6. The lowest BCUT2D eigenvalue weighted by Gasteiger charge is -2.57. The van der Waals surface area contributed by atoms with E-state index in [1.54, 1.807) is 12.4 Å². The van der Waals surface area contributed by atoms with Gasteiger partial charge in [-0.1, -0.05) is 22.0 Å². The predicted molar refractivity (Wildman–Crippen MR) is 100.0 cm³/mol. The van der Waals surface area contributed by atoms with Crippen LogP contribution in [0.4, 0.5) is 0 Å². The first-order valence-electron chi connectivity index (χ1n) is 9.11. The summed E-state index contributed by atoms with van der Waals surface area (Å²) in [5.74, 6) is 1.39. The Morgan fingerprint density at radius 3 is 2.65 bits per heavy atom. The van der Waals surface area contributed by atoms with E-state index in [9.17, 15) is 4.79 Å². The first kappa shape index (κ1) is 16.4. The van der Waals surface area contributed by atoms with E-state index in [4.69, 9.17) is 4.74 Å². The molecule has 26 heavy (non-hydrogen) atoms. The highest BCUT2D eigenvalue weighted by molar-refractivity contribution is 9.10. The topological polar surface area (TPSA) is 55.3 Å². The number of amides is 1. The highest BCUT2D eigenvalue weighted by atomic mass is 79.9. The molecular weight excluding hydrogens is 394 g/mol. The largest absolute Gasteiger partial charge is 0.376 e. The number of hydrogen-bond donors (Lipinski definition) is 0. The van der Waals surface area contributed by atoms with Gasteiger partial charge in [0.25, 0.3) is 5.91 Å². The Labute approximate surface area is 160 Å². The molecule has 1 atom stereocenters. The summed E-state index contributed by atoms with van der Waals surface area (Å²) in [7, 11) is 0. The molecule has 0 unspecified atom stereocenters. The fourth-order valence-electron chi connectivity index (χ4n) is 4.30. The van der Waals surface area contributed by atoms with E-state index in [-0.39, 0.29) is 11.4 Å². The lowest BCUT2D eigenvalue weighted by atomic mass is 9.82. The Balaban J connectivity index is 1.24. The van der Waals surface area contributed by atoms with Crippen molar-refractivity contribution in [3.63, 3.8) is 0 Å². The van der Waals surface area contributed by atoms with E-state index in [2.05, 4.69) is 44.1 Å². The molecule has 2 fully saturated rings. The molecular formula is C20H20BrN3O2. The monoisotopic (exact) mass is 413 g/mol. The van der Waals surface area contributed by atoms with E-state index in [1.807, 2.05) is 4.90 Å². The zero-order valence-electron chi connectivity index (χ0n) is 14.4. The van der Waals surface area contributed by atoms with Gasteiger partial charge in [-0.2, -0.15) is 0 Å². The Bertz CT molecular complexity index is 858. The molecule has 3 heterocycles. The van der Waals surface area contributed by atoms with Crippen LogP contribution in [0.3, 0.4) is 0 Å². The molecule has 5 nitrogen and oxygen atoms in total. The van der Waals surface area contributed by atoms with Gasteiger partial charge >= 0.3 is 0 Å². The summed E-state index contributed by atoms with van der Waals surface area (Å²) in [6.45, 7) is 2.13. The number of benzene rings is 1. The van der Waals surface area contributed by atoms with Crippen LogP contribution in [-0.2, 0) is 24.0 Å². The maximum absolute atomic E-state index is 12.7. The SMILES string of the molecule is O=C(c1cnc(C[C@H]2Cc3ccc(Br)cc3C2)nc1)N1CCC12COC2. The van der Waals surface area contributed by atoms with Crippen molar-refractivity contribution < 1.29 is 9.53 Å². The third-order valence-electron chi connectivity index (χ3n) is 5.97. The number of likely N-dealkylation sites (tertiary alicyclic amines) is 1. The molecule has 0 bridgehead atoms. The number of carbonyl (C=O) groups excluding carboxylic acids is 1. The summed E-state index contributed by atoms with van der Waals surface area (Å²) in [6.07, 6.45) is 7.40. The highest BCUT2D eigenvalue weighted by Gasteiger charge is 2.53. The minimum atomic E-state index is -0.0420. The van der Waals surface area contributed by atoms with Crippen molar-refractivity contribution in [2.75, 3.05) is 19.8 Å². The van der Waals surface area contributed by atoms with Gasteiger partial charge in [-0.15, -0.1) is 0 Å². The number of aromatic nitrogens is 2. The number of ether oxygens (including phenoxy) is 1. The second-order valence-corrected chi connectivity index (χ2v) is 8.62. The summed E-state index contributed by atoms with van der Waals surface area (Å²) < 4.78 is 6.43. The lowest BCUT2D eigenvalue weighted by molar-refractivity contribution is -0.172. The van der Waals surface area contributed by atoms with E-state index in [0.29, 0.717) is 24.7 Å². The Hall–Kier alpha value is -1.79. The molecule has 2 aromatic rings. The van der Waals surface area contributed by atoms with Gasteiger partial charge in [0.15, 0.2) is 0 Å². The number of fused-ring (bicyclic) bond motifs is 1. The van der Waals surface area contributed by atoms with E-state index in [0.717, 1.165) is 42.5 Å². The first-order valence-corrected chi connectivity index (χ1v) is 9.90. The molecule has 2 aliphatic heterocycles. The molecule has 1 aromatic carbocycles. The van der Waals surface area contributed by atoms with Crippen LogP contribution >= 0.6 is 15.9 Å². The van der Waals surface area contributed by atoms with Gasteiger partial charge in [0, 0.05) is 29.8 Å². The third-order valence-corrected chi connectivity index (χ3v) is 6.46. The molecule has 0 N–H and O–H groups in total. The number of carbonyl (C=O) groups is 1. The maximum Gasteiger partial charge on any atom is 0.257 e. The molecule has 1 spiro atoms. The number of nitrogens with zero attached hydrogens (tertiary/aromatic N) is 3. The summed E-state index contributed by atoms with van der Waals surface area (Å²) in [4.78, 5) is 23.5. The van der Waals surface area contributed by atoms with Gasteiger partial charge in [-0.05, 0) is 48.4 Å². The quantitative estimate of drug-likeness (QED) is 0.775. The molecule has 2 saturated heterocycles. The van der Waals surface area contributed by atoms with Crippen LogP contribution in [0, 0.1) is 5.92 Å². The highest BCUT2D eigenvalue weighted by Crippen LogP contribution is 2.38. The average molecular weight is 414 g/mol. The predicted octanol–water partition coefficient (Wildman–Crippen LogP) is 2.81. The summed E-state index contributed by atoms with van der Waals surface area (Å²) in [6, 6.07) is 6.52. The van der Waals surface area contributed by atoms with Crippen molar-refractivity contribution in [3.8, 4) is 0 Å². The van der Waals surface area contributed by atoms with Crippen LogP contribution < -0.4 is 0 Å². The van der Waals surface area contributed by atoms with Gasteiger partial charge in [-0.25, -0.2) is 9.97 Å². The van der Waals surface area contributed by atoms with E-state index >= 15 is 0 Å². The Morgan fingerprint density at radius 2 is 2.00 bits per heavy atom. The average Bonchev–Trinajstić information content (AvgIpc) is 2.94. The number of halogens is 1. The molecule has 1 aliphatic carbocycles. The summed E-state index contributed by atoms with van der Waals surface area (Å²) in [5, 5.41) is 0. The second kappa shape index (κ2) is 6.13. The molecule has 0 saturated carbocycles. The summed E-state index contributed by atoms with van der Waals surface area (Å²) >= 11 is 3.54. The van der Waals surface area contributed by atoms with Crippen LogP contribution in [0.1, 0.15) is 33.7 Å². The normalized spacial score (nSPS) is 22.7. The van der Waals surface area contributed by atoms with Crippen LogP contribution in [0.5, 0.6) is 0 Å². The smallest absolute Gasteiger partial charge is 0.257 e. The summed E-state index contributed by atoms with van der Waals surface area (Å²) in [5.41, 5.74) is 3.38. The van der Waals surface area contributed by atoms with Crippen molar-refractivity contribution in [1.82, 2.24) is 14.9 Å². The van der Waals surface area contributed by atoms with Crippen LogP contribution in [0.2, 0.25) is 0 Å².